The van der Waals surface area contributed by atoms with Gasteiger partial charge in [-0.15, -0.1) is 0 Å². The lowest BCUT2D eigenvalue weighted by Crippen LogP contribution is -2.48. The molecule has 86 valence electrons. The summed E-state index contributed by atoms with van der Waals surface area (Å²) in [6, 6.07) is 0. The van der Waals surface area contributed by atoms with Crippen LogP contribution in [0.25, 0.3) is 0 Å². The maximum atomic E-state index is 5.38. The van der Waals surface area contributed by atoms with Gasteiger partial charge in [0.2, 0.25) is 0 Å². The molecule has 0 unspecified atom stereocenters. The first-order valence-corrected chi connectivity index (χ1v) is 5.67. The summed E-state index contributed by atoms with van der Waals surface area (Å²) in [5.74, 6) is 0. The van der Waals surface area contributed by atoms with Crippen LogP contribution in [0.2, 0.25) is 0 Å². The SMILES string of the molecule is CCOCC[N+](C)(CC)CCOCC. The van der Waals surface area contributed by atoms with Gasteiger partial charge in [0.1, 0.15) is 13.1 Å². The normalized spacial score (nSPS) is 12.0. The van der Waals surface area contributed by atoms with Gasteiger partial charge in [0.25, 0.3) is 0 Å². The van der Waals surface area contributed by atoms with Crippen LogP contribution in [0.15, 0.2) is 0 Å². The zero-order chi connectivity index (χ0) is 10.9. The van der Waals surface area contributed by atoms with E-state index >= 15 is 0 Å². The second-order valence-electron chi connectivity index (χ2n) is 3.78. The van der Waals surface area contributed by atoms with Crippen LogP contribution in [0.3, 0.4) is 0 Å². The quantitative estimate of drug-likeness (QED) is 0.419. The molecule has 0 rings (SSSR count). The Labute approximate surface area is 88.6 Å². The van der Waals surface area contributed by atoms with Crippen LogP contribution in [0.5, 0.6) is 0 Å². The van der Waals surface area contributed by atoms with E-state index in [0.29, 0.717) is 0 Å². The summed E-state index contributed by atoms with van der Waals surface area (Å²) in [5, 5.41) is 0. The van der Waals surface area contributed by atoms with E-state index in [4.69, 9.17) is 9.47 Å². The van der Waals surface area contributed by atoms with Gasteiger partial charge in [0.05, 0.1) is 26.8 Å². The van der Waals surface area contributed by atoms with Crippen LogP contribution >= 0.6 is 0 Å². The average molecular weight is 204 g/mol. The lowest BCUT2D eigenvalue weighted by Gasteiger charge is -2.33. The van der Waals surface area contributed by atoms with Crippen molar-refractivity contribution in [2.75, 3.05) is 53.1 Å². The molecule has 0 aliphatic carbocycles. The van der Waals surface area contributed by atoms with Crippen molar-refractivity contribution in [1.82, 2.24) is 0 Å². The summed E-state index contributed by atoms with van der Waals surface area (Å²) >= 11 is 0. The van der Waals surface area contributed by atoms with Crippen LogP contribution in [0, 0.1) is 0 Å². The Morgan fingerprint density at radius 1 is 0.857 bits per heavy atom. The van der Waals surface area contributed by atoms with Gasteiger partial charge in [0.15, 0.2) is 0 Å². The van der Waals surface area contributed by atoms with E-state index in [0.717, 1.165) is 50.5 Å². The maximum Gasteiger partial charge on any atom is 0.102 e. The van der Waals surface area contributed by atoms with Crippen molar-refractivity contribution in [3.8, 4) is 0 Å². The van der Waals surface area contributed by atoms with Crippen LogP contribution in [0.4, 0.5) is 0 Å². The number of likely N-dealkylation sites (N-methyl/N-ethyl adjacent to an activating group) is 1. The van der Waals surface area contributed by atoms with E-state index in [2.05, 4.69) is 14.0 Å². The molecular weight excluding hydrogens is 178 g/mol. The van der Waals surface area contributed by atoms with Crippen LogP contribution < -0.4 is 0 Å². The highest BCUT2D eigenvalue weighted by molar-refractivity contribution is 4.38. The van der Waals surface area contributed by atoms with Crippen molar-refractivity contribution in [3.05, 3.63) is 0 Å². The Balaban J connectivity index is 3.67. The molecule has 0 aromatic carbocycles. The Morgan fingerprint density at radius 2 is 1.29 bits per heavy atom. The fourth-order valence-corrected chi connectivity index (χ4v) is 1.29. The summed E-state index contributed by atoms with van der Waals surface area (Å²) in [7, 11) is 2.26. The monoisotopic (exact) mass is 204 g/mol. The molecule has 0 atom stereocenters. The Kier molecular flexibility index (Phi) is 8.14. The number of hydrogen-bond acceptors (Lipinski definition) is 2. The second-order valence-corrected chi connectivity index (χ2v) is 3.78. The number of hydrogen-bond donors (Lipinski definition) is 0. The van der Waals surface area contributed by atoms with Gasteiger partial charge in [-0.1, -0.05) is 0 Å². The summed E-state index contributed by atoms with van der Waals surface area (Å²) in [6.07, 6.45) is 0. The number of ether oxygens (including phenoxy) is 2. The molecule has 3 nitrogen and oxygen atoms in total. The molecule has 0 spiro atoms. The van der Waals surface area contributed by atoms with E-state index in [9.17, 15) is 0 Å². The molecule has 0 aliphatic heterocycles. The molecule has 0 saturated carbocycles. The number of nitrogens with zero attached hydrogens (tertiary/aromatic N) is 1. The molecule has 0 fully saturated rings. The topological polar surface area (TPSA) is 18.5 Å². The number of quaternary nitrogens is 1. The van der Waals surface area contributed by atoms with E-state index in [1.54, 1.807) is 0 Å². The fraction of sp³-hybridized carbons (Fsp3) is 1.00. The lowest BCUT2D eigenvalue weighted by atomic mass is 10.4. The van der Waals surface area contributed by atoms with Gasteiger partial charge in [-0.3, -0.25) is 0 Å². The molecule has 14 heavy (non-hydrogen) atoms. The minimum absolute atomic E-state index is 0.815. The molecule has 0 bridgehead atoms. The molecule has 0 aliphatic rings. The first kappa shape index (κ1) is 13.9. The average Bonchev–Trinajstić information content (AvgIpc) is 2.19. The summed E-state index contributed by atoms with van der Waals surface area (Å²) in [4.78, 5) is 0. The third-order valence-corrected chi connectivity index (χ3v) is 2.72. The van der Waals surface area contributed by atoms with E-state index in [1.165, 1.54) is 0 Å². The van der Waals surface area contributed by atoms with Crippen molar-refractivity contribution in [1.29, 1.82) is 0 Å². The predicted molar refractivity (Wildman–Crippen MR) is 59.4 cm³/mol. The third-order valence-electron chi connectivity index (χ3n) is 2.72. The minimum Gasteiger partial charge on any atom is -0.376 e. The van der Waals surface area contributed by atoms with Crippen LogP contribution in [-0.4, -0.2) is 57.6 Å². The molecule has 0 aromatic heterocycles. The maximum absolute atomic E-state index is 5.38. The Bertz CT molecular complexity index is 118. The van der Waals surface area contributed by atoms with Crippen molar-refractivity contribution >= 4 is 0 Å². The van der Waals surface area contributed by atoms with Gasteiger partial charge in [-0.2, -0.15) is 0 Å². The highest BCUT2D eigenvalue weighted by atomic mass is 16.5. The Hall–Kier alpha value is -0.120. The molecule has 0 heterocycles. The largest absolute Gasteiger partial charge is 0.376 e. The van der Waals surface area contributed by atoms with Crippen molar-refractivity contribution in [2.24, 2.45) is 0 Å². The van der Waals surface area contributed by atoms with Gasteiger partial charge >= 0.3 is 0 Å². The van der Waals surface area contributed by atoms with E-state index < -0.39 is 0 Å². The molecule has 0 N–H and O–H groups in total. The summed E-state index contributed by atoms with van der Waals surface area (Å²) in [5.41, 5.74) is 0. The second kappa shape index (κ2) is 8.21. The molecule has 3 heteroatoms. The van der Waals surface area contributed by atoms with Crippen LogP contribution in [-0.2, 0) is 9.47 Å². The smallest absolute Gasteiger partial charge is 0.102 e. The lowest BCUT2D eigenvalue weighted by molar-refractivity contribution is -0.908. The van der Waals surface area contributed by atoms with Crippen molar-refractivity contribution < 1.29 is 14.0 Å². The van der Waals surface area contributed by atoms with Crippen LogP contribution in [0.1, 0.15) is 20.8 Å². The highest BCUT2D eigenvalue weighted by Gasteiger charge is 2.17. The minimum atomic E-state index is 0.815. The summed E-state index contributed by atoms with van der Waals surface area (Å²) in [6.45, 7) is 12.9. The number of rotatable bonds is 9. The van der Waals surface area contributed by atoms with Gasteiger partial charge < -0.3 is 14.0 Å². The van der Waals surface area contributed by atoms with Gasteiger partial charge in [-0.05, 0) is 20.8 Å². The molecule has 0 amide bonds. The molecule has 0 saturated heterocycles. The van der Waals surface area contributed by atoms with Gasteiger partial charge in [0, 0.05) is 13.2 Å². The fourth-order valence-electron chi connectivity index (χ4n) is 1.29. The highest BCUT2D eigenvalue weighted by Crippen LogP contribution is 2.01. The molecule has 0 radical (unpaired) electrons. The molecular formula is C11H26NO2+. The van der Waals surface area contributed by atoms with E-state index in [1.807, 2.05) is 13.8 Å². The standard InChI is InChI=1S/C11H26NO2/c1-5-12(4,8-10-13-6-2)9-11-14-7-3/h5-11H2,1-4H3/q+1. The van der Waals surface area contributed by atoms with Gasteiger partial charge in [-0.25, -0.2) is 0 Å². The van der Waals surface area contributed by atoms with Crippen molar-refractivity contribution in [3.63, 3.8) is 0 Å². The predicted octanol–water partition coefficient (Wildman–Crippen LogP) is 1.53. The van der Waals surface area contributed by atoms with Crippen molar-refractivity contribution in [2.45, 2.75) is 20.8 Å². The zero-order valence-electron chi connectivity index (χ0n) is 10.2. The molecule has 0 aromatic rings. The first-order valence-electron chi connectivity index (χ1n) is 5.67. The Morgan fingerprint density at radius 3 is 1.57 bits per heavy atom. The van der Waals surface area contributed by atoms with E-state index in [-0.39, 0.29) is 0 Å². The third kappa shape index (κ3) is 6.35. The zero-order valence-corrected chi connectivity index (χ0v) is 10.2. The first-order chi connectivity index (χ1) is 6.68. The summed E-state index contributed by atoms with van der Waals surface area (Å²) < 4.78 is 11.8.